The van der Waals surface area contributed by atoms with Crippen LogP contribution in [0.2, 0.25) is 5.02 Å². The first-order chi connectivity index (χ1) is 9.66. The van der Waals surface area contributed by atoms with Crippen molar-refractivity contribution in [3.8, 4) is 0 Å². The molecule has 0 bridgehead atoms. The zero-order chi connectivity index (χ0) is 14.1. The Hall–Kier alpha value is -1.38. The van der Waals surface area contributed by atoms with Crippen LogP contribution in [-0.4, -0.2) is 11.2 Å². The SMILES string of the molecule is OC(Cc1cccc(F)c1Cl)C1CCc2ccccc21. The highest BCUT2D eigenvalue weighted by atomic mass is 35.5. The molecule has 0 aromatic heterocycles. The van der Waals surface area contributed by atoms with E-state index in [-0.39, 0.29) is 10.9 Å². The van der Waals surface area contributed by atoms with E-state index in [2.05, 4.69) is 12.1 Å². The molecule has 0 saturated carbocycles. The maximum Gasteiger partial charge on any atom is 0.142 e. The molecule has 0 aliphatic heterocycles. The molecule has 2 aromatic carbocycles. The van der Waals surface area contributed by atoms with Crippen molar-refractivity contribution < 1.29 is 9.50 Å². The smallest absolute Gasteiger partial charge is 0.142 e. The molecule has 2 atom stereocenters. The maximum absolute atomic E-state index is 13.4. The fraction of sp³-hybridized carbons (Fsp3) is 0.294. The Kier molecular flexibility index (Phi) is 3.77. The molecule has 0 amide bonds. The summed E-state index contributed by atoms with van der Waals surface area (Å²) in [6, 6.07) is 12.9. The van der Waals surface area contributed by atoms with E-state index in [1.54, 1.807) is 12.1 Å². The Bertz CT molecular complexity index is 626. The van der Waals surface area contributed by atoms with Crippen molar-refractivity contribution in [1.29, 1.82) is 0 Å². The van der Waals surface area contributed by atoms with Crippen LogP contribution in [0.1, 0.15) is 29.0 Å². The minimum absolute atomic E-state index is 0.116. The third-order valence-electron chi connectivity index (χ3n) is 4.10. The molecule has 1 aliphatic carbocycles. The molecule has 3 heteroatoms. The average Bonchev–Trinajstić information content (AvgIpc) is 2.88. The molecule has 1 aliphatic rings. The highest BCUT2D eigenvalue weighted by Gasteiger charge is 2.28. The molecule has 20 heavy (non-hydrogen) atoms. The first-order valence-electron chi connectivity index (χ1n) is 6.85. The molecule has 0 saturated heterocycles. The summed E-state index contributed by atoms with van der Waals surface area (Å²) in [6.45, 7) is 0. The lowest BCUT2D eigenvalue weighted by molar-refractivity contribution is 0.143. The molecule has 3 rings (SSSR count). The average molecular weight is 291 g/mol. The molecule has 1 N–H and O–H groups in total. The van der Waals surface area contributed by atoms with Crippen LogP contribution in [0.25, 0.3) is 0 Å². The zero-order valence-corrected chi connectivity index (χ0v) is 11.8. The summed E-state index contributed by atoms with van der Waals surface area (Å²) < 4.78 is 13.4. The topological polar surface area (TPSA) is 20.2 Å². The van der Waals surface area contributed by atoms with Gasteiger partial charge >= 0.3 is 0 Å². The second-order valence-corrected chi connectivity index (χ2v) is 5.71. The lowest BCUT2D eigenvalue weighted by atomic mass is 9.91. The highest BCUT2D eigenvalue weighted by molar-refractivity contribution is 6.31. The summed E-state index contributed by atoms with van der Waals surface area (Å²) in [4.78, 5) is 0. The molecular formula is C17H16ClFO. The third kappa shape index (κ3) is 2.46. The van der Waals surface area contributed by atoms with Crippen molar-refractivity contribution in [2.24, 2.45) is 0 Å². The second-order valence-electron chi connectivity index (χ2n) is 5.33. The molecular weight excluding hydrogens is 275 g/mol. The van der Waals surface area contributed by atoms with E-state index in [4.69, 9.17) is 11.6 Å². The molecule has 0 fully saturated rings. The van der Waals surface area contributed by atoms with Gasteiger partial charge in [0.25, 0.3) is 0 Å². The van der Waals surface area contributed by atoms with Crippen molar-refractivity contribution in [3.05, 3.63) is 70.0 Å². The number of rotatable bonds is 3. The van der Waals surface area contributed by atoms with Crippen molar-refractivity contribution >= 4 is 11.6 Å². The van der Waals surface area contributed by atoms with Crippen LogP contribution in [0.5, 0.6) is 0 Å². The molecule has 1 nitrogen and oxygen atoms in total. The Balaban J connectivity index is 1.81. The summed E-state index contributed by atoms with van der Waals surface area (Å²) in [5, 5.41) is 10.6. The van der Waals surface area contributed by atoms with E-state index in [0.717, 1.165) is 12.8 Å². The number of hydrogen-bond acceptors (Lipinski definition) is 1. The van der Waals surface area contributed by atoms with Gasteiger partial charge in [-0.25, -0.2) is 4.39 Å². The van der Waals surface area contributed by atoms with E-state index in [0.29, 0.717) is 12.0 Å². The van der Waals surface area contributed by atoms with Gasteiger partial charge in [0, 0.05) is 12.3 Å². The Morgan fingerprint density at radius 3 is 2.85 bits per heavy atom. The van der Waals surface area contributed by atoms with Crippen molar-refractivity contribution in [2.75, 3.05) is 0 Å². The summed E-state index contributed by atoms with van der Waals surface area (Å²) in [6.07, 6.45) is 1.79. The van der Waals surface area contributed by atoms with Crippen LogP contribution < -0.4 is 0 Å². The monoisotopic (exact) mass is 290 g/mol. The van der Waals surface area contributed by atoms with E-state index in [1.807, 2.05) is 12.1 Å². The van der Waals surface area contributed by atoms with Crippen molar-refractivity contribution in [1.82, 2.24) is 0 Å². The standard InChI is InChI=1S/C17H16ClFO/c18-17-12(5-3-7-15(17)19)10-16(20)14-9-8-11-4-1-2-6-13(11)14/h1-7,14,16,20H,8-10H2. The third-order valence-corrected chi connectivity index (χ3v) is 4.53. The maximum atomic E-state index is 13.4. The highest BCUT2D eigenvalue weighted by Crippen LogP contribution is 2.37. The molecule has 0 radical (unpaired) electrons. The van der Waals surface area contributed by atoms with Gasteiger partial charge in [-0.1, -0.05) is 48.0 Å². The van der Waals surface area contributed by atoms with Gasteiger partial charge in [-0.3, -0.25) is 0 Å². The Morgan fingerprint density at radius 2 is 2.00 bits per heavy atom. The van der Waals surface area contributed by atoms with Gasteiger partial charge in [0.15, 0.2) is 0 Å². The summed E-state index contributed by atoms with van der Waals surface area (Å²) in [5.41, 5.74) is 3.19. The van der Waals surface area contributed by atoms with Gasteiger partial charge in [-0.15, -0.1) is 0 Å². The van der Waals surface area contributed by atoms with Crippen molar-refractivity contribution in [2.45, 2.75) is 31.3 Å². The number of aryl methyl sites for hydroxylation is 1. The number of hydrogen-bond donors (Lipinski definition) is 1. The van der Waals surface area contributed by atoms with E-state index in [9.17, 15) is 9.50 Å². The van der Waals surface area contributed by atoms with Crippen molar-refractivity contribution in [3.63, 3.8) is 0 Å². The number of fused-ring (bicyclic) bond motifs is 1. The van der Waals surface area contributed by atoms with Crippen LogP contribution >= 0.6 is 11.6 Å². The van der Waals surface area contributed by atoms with Gasteiger partial charge < -0.3 is 5.11 Å². The Morgan fingerprint density at radius 1 is 1.20 bits per heavy atom. The molecule has 0 heterocycles. The van der Waals surface area contributed by atoms with Crippen LogP contribution in [-0.2, 0) is 12.8 Å². The molecule has 2 aromatic rings. The van der Waals surface area contributed by atoms with Gasteiger partial charge in [0.2, 0.25) is 0 Å². The summed E-state index contributed by atoms with van der Waals surface area (Å²) >= 11 is 5.96. The van der Waals surface area contributed by atoms with Crippen LogP contribution in [0.15, 0.2) is 42.5 Å². The predicted molar refractivity (Wildman–Crippen MR) is 78.6 cm³/mol. The Labute approximate surface area is 123 Å². The van der Waals surface area contributed by atoms with E-state index >= 15 is 0 Å². The molecule has 0 spiro atoms. The largest absolute Gasteiger partial charge is 0.392 e. The van der Waals surface area contributed by atoms with Crippen LogP contribution in [0, 0.1) is 5.82 Å². The minimum atomic E-state index is -0.530. The van der Waals surface area contributed by atoms with Crippen LogP contribution in [0.3, 0.4) is 0 Å². The number of aliphatic hydroxyl groups is 1. The van der Waals surface area contributed by atoms with E-state index in [1.165, 1.54) is 17.2 Å². The molecule has 2 unspecified atom stereocenters. The molecule has 104 valence electrons. The van der Waals surface area contributed by atoms with Gasteiger partial charge in [-0.05, 0) is 35.6 Å². The van der Waals surface area contributed by atoms with Gasteiger partial charge in [0.05, 0.1) is 11.1 Å². The summed E-state index contributed by atoms with van der Waals surface area (Å²) in [5.74, 6) is -0.311. The first kappa shape index (κ1) is 13.6. The fourth-order valence-corrected chi connectivity index (χ4v) is 3.27. The van der Waals surface area contributed by atoms with E-state index < -0.39 is 11.9 Å². The van der Waals surface area contributed by atoms with Crippen LogP contribution in [0.4, 0.5) is 4.39 Å². The first-order valence-corrected chi connectivity index (χ1v) is 7.23. The fourth-order valence-electron chi connectivity index (χ4n) is 3.06. The van der Waals surface area contributed by atoms with Gasteiger partial charge in [-0.2, -0.15) is 0 Å². The zero-order valence-electron chi connectivity index (χ0n) is 11.0. The number of aliphatic hydroxyl groups excluding tert-OH is 1. The number of halogens is 2. The predicted octanol–water partition coefficient (Wildman–Crippen LogP) is 4.11. The van der Waals surface area contributed by atoms with Gasteiger partial charge in [0.1, 0.15) is 5.82 Å². The second kappa shape index (κ2) is 5.55. The number of benzene rings is 2. The summed E-state index contributed by atoms with van der Waals surface area (Å²) in [7, 11) is 0. The normalized spacial score (nSPS) is 18.9. The quantitative estimate of drug-likeness (QED) is 0.902. The lowest BCUT2D eigenvalue weighted by Crippen LogP contribution is -2.19. The lowest BCUT2D eigenvalue weighted by Gasteiger charge is -2.20. The minimum Gasteiger partial charge on any atom is -0.392 e.